The highest BCUT2D eigenvalue weighted by atomic mass is 35.5. The topological polar surface area (TPSA) is 56.7 Å². The second-order valence-corrected chi connectivity index (χ2v) is 4.38. The number of rotatable bonds is 4. The number of hydrogen-bond donors (Lipinski definition) is 1. The third-order valence-electron chi connectivity index (χ3n) is 2.77. The van der Waals surface area contributed by atoms with Gasteiger partial charge in [0.2, 0.25) is 0 Å². The predicted octanol–water partition coefficient (Wildman–Crippen LogP) is 2.33. The molecule has 0 spiro atoms. The van der Waals surface area contributed by atoms with E-state index in [9.17, 15) is 4.39 Å². The van der Waals surface area contributed by atoms with Gasteiger partial charge in [0.15, 0.2) is 0 Å². The molecule has 0 aliphatic rings. The van der Waals surface area contributed by atoms with Gasteiger partial charge in [-0.25, -0.2) is 9.37 Å². The summed E-state index contributed by atoms with van der Waals surface area (Å²) in [5.74, 6) is 0.370. The Bertz CT molecular complexity index is 541. The third-order valence-corrected chi connectivity index (χ3v) is 3.06. The van der Waals surface area contributed by atoms with Crippen molar-refractivity contribution in [2.24, 2.45) is 5.73 Å². The molecule has 1 heterocycles. The fraction of sp³-hybridized carbons (Fsp3) is 0.333. The van der Waals surface area contributed by atoms with E-state index in [0.29, 0.717) is 6.42 Å². The minimum atomic E-state index is -0.440. The third kappa shape index (κ3) is 2.68. The fourth-order valence-electron chi connectivity index (χ4n) is 1.77. The number of aryl methyl sites for hydroxylation is 1. The maximum atomic E-state index is 13.1. The molecule has 0 bridgehead atoms. The Morgan fingerprint density at radius 2 is 2.28 bits per heavy atom. The molecule has 6 heteroatoms. The molecular formula is C12H14ClFN4. The normalized spacial score (nSPS) is 12.7. The summed E-state index contributed by atoms with van der Waals surface area (Å²) in [5, 5.41) is 4.16. The lowest BCUT2D eigenvalue weighted by Crippen LogP contribution is -2.17. The zero-order valence-corrected chi connectivity index (χ0v) is 10.7. The molecule has 1 aromatic carbocycles. The molecule has 2 aromatic rings. The Morgan fingerprint density at radius 1 is 1.50 bits per heavy atom. The van der Waals surface area contributed by atoms with Crippen LogP contribution in [0, 0.1) is 5.82 Å². The highest BCUT2D eigenvalue weighted by Crippen LogP contribution is 2.21. The first-order valence-corrected chi connectivity index (χ1v) is 6.06. The molecule has 2 N–H and O–H groups in total. The van der Waals surface area contributed by atoms with Crippen LogP contribution in [0.5, 0.6) is 0 Å². The van der Waals surface area contributed by atoms with Gasteiger partial charge in [-0.15, -0.1) is 0 Å². The van der Waals surface area contributed by atoms with Crippen molar-refractivity contribution in [3.8, 4) is 0 Å². The van der Waals surface area contributed by atoms with Gasteiger partial charge in [0, 0.05) is 19.0 Å². The van der Waals surface area contributed by atoms with Crippen LogP contribution >= 0.6 is 11.6 Å². The van der Waals surface area contributed by atoms with E-state index in [2.05, 4.69) is 10.1 Å². The molecule has 1 aromatic heterocycles. The molecule has 2 rings (SSSR count). The lowest BCUT2D eigenvalue weighted by atomic mass is 10.0. The van der Waals surface area contributed by atoms with Crippen molar-refractivity contribution in [2.45, 2.75) is 25.9 Å². The van der Waals surface area contributed by atoms with Crippen LogP contribution in [0.3, 0.4) is 0 Å². The van der Waals surface area contributed by atoms with E-state index < -0.39 is 5.82 Å². The van der Waals surface area contributed by atoms with Gasteiger partial charge < -0.3 is 5.73 Å². The molecule has 0 aliphatic heterocycles. The summed E-state index contributed by atoms with van der Waals surface area (Å²) in [7, 11) is 0. The number of nitrogens with zero attached hydrogens (tertiary/aromatic N) is 3. The van der Waals surface area contributed by atoms with E-state index in [1.165, 1.54) is 12.4 Å². The van der Waals surface area contributed by atoms with Crippen LogP contribution in [0.1, 0.15) is 24.4 Å². The van der Waals surface area contributed by atoms with Crippen LogP contribution in [0.2, 0.25) is 5.02 Å². The summed E-state index contributed by atoms with van der Waals surface area (Å²) < 4.78 is 14.8. The summed E-state index contributed by atoms with van der Waals surface area (Å²) >= 11 is 5.73. The minimum Gasteiger partial charge on any atom is -0.324 e. The van der Waals surface area contributed by atoms with Crippen LogP contribution in [0.15, 0.2) is 24.5 Å². The first-order valence-electron chi connectivity index (χ1n) is 5.69. The molecule has 0 saturated heterocycles. The van der Waals surface area contributed by atoms with Gasteiger partial charge in [-0.05, 0) is 24.6 Å². The standard InChI is InChI=1S/C12H14ClFN4/c1-2-18-12(16-7-17-18)6-11(15)8-3-4-10(14)9(13)5-8/h3-5,7,11H,2,6,15H2,1H3. The largest absolute Gasteiger partial charge is 0.324 e. The van der Waals surface area contributed by atoms with E-state index in [1.807, 2.05) is 6.92 Å². The van der Waals surface area contributed by atoms with Gasteiger partial charge in [-0.3, -0.25) is 4.68 Å². The molecule has 0 fully saturated rings. The molecule has 4 nitrogen and oxygen atoms in total. The Labute approximate surface area is 110 Å². The number of aromatic nitrogens is 3. The van der Waals surface area contributed by atoms with Gasteiger partial charge in [-0.2, -0.15) is 5.10 Å². The van der Waals surface area contributed by atoms with Gasteiger partial charge in [-0.1, -0.05) is 17.7 Å². The van der Waals surface area contributed by atoms with Crippen LogP contribution < -0.4 is 5.73 Å². The van der Waals surface area contributed by atoms with Crippen molar-refractivity contribution in [3.05, 3.63) is 46.8 Å². The average Bonchev–Trinajstić information content (AvgIpc) is 2.79. The van der Waals surface area contributed by atoms with E-state index >= 15 is 0 Å². The summed E-state index contributed by atoms with van der Waals surface area (Å²) in [6.07, 6.45) is 2.04. The second-order valence-electron chi connectivity index (χ2n) is 3.98. The number of benzene rings is 1. The Kier molecular flexibility index (Phi) is 3.93. The Morgan fingerprint density at radius 3 is 2.94 bits per heavy atom. The molecular weight excluding hydrogens is 255 g/mol. The first-order chi connectivity index (χ1) is 8.61. The summed E-state index contributed by atoms with van der Waals surface area (Å²) in [5.41, 5.74) is 6.85. The van der Waals surface area contributed by atoms with Crippen molar-refractivity contribution in [3.63, 3.8) is 0 Å². The van der Waals surface area contributed by atoms with Crippen LogP contribution in [-0.2, 0) is 13.0 Å². The van der Waals surface area contributed by atoms with Gasteiger partial charge in [0.25, 0.3) is 0 Å². The zero-order valence-electron chi connectivity index (χ0n) is 9.98. The maximum absolute atomic E-state index is 13.1. The molecule has 0 amide bonds. The first kappa shape index (κ1) is 13.0. The molecule has 18 heavy (non-hydrogen) atoms. The SMILES string of the molecule is CCn1ncnc1CC(N)c1ccc(F)c(Cl)c1. The molecule has 1 atom stereocenters. The lowest BCUT2D eigenvalue weighted by molar-refractivity contribution is 0.579. The smallest absolute Gasteiger partial charge is 0.141 e. The maximum Gasteiger partial charge on any atom is 0.141 e. The fourth-order valence-corrected chi connectivity index (χ4v) is 1.96. The Balaban J connectivity index is 2.16. The van der Waals surface area contributed by atoms with E-state index in [1.54, 1.807) is 16.8 Å². The average molecular weight is 269 g/mol. The number of halogens is 2. The van der Waals surface area contributed by atoms with Gasteiger partial charge >= 0.3 is 0 Å². The van der Waals surface area contributed by atoms with Gasteiger partial charge in [0.05, 0.1) is 5.02 Å². The van der Waals surface area contributed by atoms with Crippen LogP contribution in [0.25, 0.3) is 0 Å². The summed E-state index contributed by atoms with van der Waals surface area (Å²) in [6.45, 7) is 2.73. The van der Waals surface area contributed by atoms with Crippen molar-refractivity contribution in [1.82, 2.24) is 14.8 Å². The van der Waals surface area contributed by atoms with E-state index in [4.69, 9.17) is 17.3 Å². The molecule has 0 saturated carbocycles. The van der Waals surface area contributed by atoms with Crippen molar-refractivity contribution in [2.75, 3.05) is 0 Å². The molecule has 0 radical (unpaired) electrons. The molecule has 96 valence electrons. The van der Waals surface area contributed by atoms with Crippen LogP contribution in [-0.4, -0.2) is 14.8 Å². The summed E-state index contributed by atoms with van der Waals surface area (Å²) in [6, 6.07) is 4.23. The number of nitrogens with two attached hydrogens (primary N) is 1. The van der Waals surface area contributed by atoms with E-state index in [-0.39, 0.29) is 11.1 Å². The van der Waals surface area contributed by atoms with Gasteiger partial charge in [0.1, 0.15) is 18.0 Å². The lowest BCUT2D eigenvalue weighted by Gasteiger charge is -2.12. The quantitative estimate of drug-likeness (QED) is 0.926. The molecule has 1 unspecified atom stereocenters. The summed E-state index contributed by atoms with van der Waals surface area (Å²) in [4.78, 5) is 4.16. The predicted molar refractivity (Wildman–Crippen MR) is 67.7 cm³/mol. The minimum absolute atomic E-state index is 0.0832. The highest BCUT2D eigenvalue weighted by Gasteiger charge is 2.13. The second kappa shape index (κ2) is 5.46. The highest BCUT2D eigenvalue weighted by molar-refractivity contribution is 6.30. The number of hydrogen-bond acceptors (Lipinski definition) is 3. The zero-order chi connectivity index (χ0) is 13.1. The molecule has 0 aliphatic carbocycles. The van der Waals surface area contributed by atoms with Crippen molar-refractivity contribution >= 4 is 11.6 Å². The van der Waals surface area contributed by atoms with Crippen molar-refractivity contribution < 1.29 is 4.39 Å². The van der Waals surface area contributed by atoms with Crippen LogP contribution in [0.4, 0.5) is 4.39 Å². The monoisotopic (exact) mass is 268 g/mol. The Hall–Kier alpha value is -1.46. The van der Waals surface area contributed by atoms with E-state index in [0.717, 1.165) is 17.9 Å². The van der Waals surface area contributed by atoms with Crippen molar-refractivity contribution in [1.29, 1.82) is 0 Å².